The Kier molecular flexibility index (Phi) is 4.56. The van der Waals surface area contributed by atoms with Crippen molar-refractivity contribution in [3.63, 3.8) is 0 Å². The summed E-state index contributed by atoms with van der Waals surface area (Å²) in [6, 6.07) is 0. The van der Waals surface area contributed by atoms with Crippen LogP contribution in [0.25, 0.3) is 0 Å². The zero-order valence-corrected chi connectivity index (χ0v) is 11.4. The summed E-state index contributed by atoms with van der Waals surface area (Å²) in [6.07, 6.45) is 7.82. The van der Waals surface area contributed by atoms with Gasteiger partial charge in [-0.1, -0.05) is 17.5 Å². The van der Waals surface area contributed by atoms with Crippen molar-refractivity contribution < 1.29 is 0 Å². The fourth-order valence-electron chi connectivity index (χ4n) is 1.82. The first-order chi connectivity index (χ1) is 8.72. The minimum atomic E-state index is -0.258. The minimum Gasteiger partial charge on any atom is -0.379 e. The monoisotopic (exact) mass is 283 g/mol. The van der Waals surface area contributed by atoms with E-state index in [1.54, 1.807) is 0 Å². The van der Waals surface area contributed by atoms with Crippen molar-refractivity contribution in [3.8, 4) is 12.3 Å². The molecule has 1 aromatic heterocycles. The third-order valence-corrected chi connectivity index (χ3v) is 4.35. The molecule has 2 rings (SSSR count). The fourth-order valence-corrected chi connectivity index (χ4v) is 3.29. The van der Waals surface area contributed by atoms with Crippen LogP contribution < -0.4 is 10.9 Å². The molecule has 0 amide bonds. The lowest BCUT2D eigenvalue weighted by Gasteiger charge is -2.12. The van der Waals surface area contributed by atoms with Crippen molar-refractivity contribution in [1.82, 2.24) is 9.78 Å². The van der Waals surface area contributed by atoms with Gasteiger partial charge in [-0.15, -0.1) is 6.42 Å². The van der Waals surface area contributed by atoms with Crippen molar-refractivity contribution in [2.45, 2.75) is 13.0 Å². The second-order valence-corrected chi connectivity index (χ2v) is 5.70. The summed E-state index contributed by atoms with van der Waals surface area (Å²) in [5.74, 6) is 5.32. The first kappa shape index (κ1) is 13.3. The molecule has 1 unspecified atom stereocenters. The van der Waals surface area contributed by atoms with Crippen LogP contribution in [0.2, 0.25) is 5.02 Å². The molecule has 0 aliphatic carbocycles. The van der Waals surface area contributed by atoms with E-state index in [0.717, 1.165) is 12.3 Å². The summed E-state index contributed by atoms with van der Waals surface area (Å²) in [5, 5.41) is 7.37. The van der Waals surface area contributed by atoms with Crippen molar-refractivity contribution >= 4 is 29.1 Å². The summed E-state index contributed by atoms with van der Waals surface area (Å²) >= 11 is 7.93. The molecule has 1 saturated heterocycles. The van der Waals surface area contributed by atoms with Gasteiger partial charge in [0.25, 0.3) is 5.56 Å². The number of hydrogen-bond acceptors (Lipinski definition) is 4. The summed E-state index contributed by atoms with van der Waals surface area (Å²) in [5.41, 5.74) is 0.143. The van der Waals surface area contributed by atoms with Crippen molar-refractivity contribution in [2.24, 2.45) is 5.92 Å². The predicted octanol–water partition coefficient (Wildman–Crippen LogP) is 1.69. The van der Waals surface area contributed by atoms with Gasteiger partial charge in [-0.2, -0.15) is 16.9 Å². The molecular formula is C12H14ClN3OS. The van der Waals surface area contributed by atoms with E-state index >= 15 is 0 Å². The molecule has 0 saturated carbocycles. The molecule has 1 N–H and O–H groups in total. The number of rotatable bonds is 4. The molecule has 96 valence electrons. The third kappa shape index (κ3) is 3.01. The van der Waals surface area contributed by atoms with E-state index in [0.29, 0.717) is 16.6 Å². The molecule has 4 nitrogen and oxygen atoms in total. The molecule has 18 heavy (non-hydrogen) atoms. The van der Waals surface area contributed by atoms with Crippen molar-refractivity contribution in [3.05, 3.63) is 21.6 Å². The molecule has 1 atom stereocenters. The Labute approximate surface area is 115 Å². The molecule has 1 aliphatic heterocycles. The highest BCUT2D eigenvalue weighted by molar-refractivity contribution is 7.99. The van der Waals surface area contributed by atoms with E-state index in [4.69, 9.17) is 18.0 Å². The molecule has 0 radical (unpaired) electrons. The second kappa shape index (κ2) is 6.17. The Morgan fingerprint density at radius 1 is 1.72 bits per heavy atom. The first-order valence-corrected chi connectivity index (χ1v) is 7.26. The van der Waals surface area contributed by atoms with Gasteiger partial charge >= 0.3 is 0 Å². The van der Waals surface area contributed by atoms with E-state index in [-0.39, 0.29) is 12.1 Å². The van der Waals surface area contributed by atoms with Gasteiger partial charge in [0, 0.05) is 6.54 Å². The Morgan fingerprint density at radius 3 is 3.22 bits per heavy atom. The van der Waals surface area contributed by atoms with Crippen molar-refractivity contribution in [2.75, 3.05) is 23.4 Å². The SMILES string of the molecule is C#CCn1ncc(Cl)c(NCC2CCSC2)c1=O. The number of terminal acetylenes is 1. The van der Waals surface area contributed by atoms with E-state index in [9.17, 15) is 4.79 Å². The highest BCUT2D eigenvalue weighted by Crippen LogP contribution is 2.24. The van der Waals surface area contributed by atoms with E-state index in [1.165, 1.54) is 23.1 Å². The van der Waals surface area contributed by atoms with Gasteiger partial charge in [0.1, 0.15) is 12.2 Å². The Morgan fingerprint density at radius 2 is 2.56 bits per heavy atom. The maximum Gasteiger partial charge on any atom is 0.292 e. The lowest BCUT2D eigenvalue weighted by atomic mass is 10.1. The number of thioether (sulfide) groups is 1. The number of hydrogen-bond donors (Lipinski definition) is 1. The highest BCUT2D eigenvalue weighted by Gasteiger charge is 2.17. The number of halogens is 1. The lowest BCUT2D eigenvalue weighted by Crippen LogP contribution is -2.27. The summed E-state index contributed by atoms with van der Waals surface area (Å²) < 4.78 is 1.23. The normalized spacial score (nSPS) is 18.6. The molecule has 6 heteroatoms. The molecule has 1 aliphatic rings. The van der Waals surface area contributed by atoms with Crippen LogP contribution in [-0.4, -0.2) is 27.8 Å². The van der Waals surface area contributed by atoms with E-state index in [1.807, 2.05) is 11.8 Å². The number of nitrogens with one attached hydrogen (secondary N) is 1. The zero-order valence-electron chi connectivity index (χ0n) is 9.86. The Balaban J connectivity index is 2.13. The maximum absolute atomic E-state index is 12.0. The van der Waals surface area contributed by atoms with Gasteiger partial charge in [0.2, 0.25) is 0 Å². The van der Waals surface area contributed by atoms with E-state index in [2.05, 4.69) is 16.3 Å². The molecule has 0 bridgehead atoms. The van der Waals surface area contributed by atoms with Crippen LogP contribution in [0.3, 0.4) is 0 Å². The fraction of sp³-hybridized carbons (Fsp3) is 0.500. The smallest absolute Gasteiger partial charge is 0.292 e. The quantitative estimate of drug-likeness (QED) is 0.855. The molecule has 1 fully saturated rings. The largest absolute Gasteiger partial charge is 0.379 e. The van der Waals surface area contributed by atoms with Crippen LogP contribution in [0, 0.1) is 18.3 Å². The lowest BCUT2D eigenvalue weighted by molar-refractivity contribution is 0.625. The molecule has 2 heterocycles. The molecule has 0 spiro atoms. The van der Waals surface area contributed by atoms with Crippen LogP contribution in [0.1, 0.15) is 6.42 Å². The molecule has 1 aromatic rings. The second-order valence-electron chi connectivity index (χ2n) is 4.14. The summed E-state index contributed by atoms with van der Waals surface area (Å²) in [6.45, 7) is 0.923. The molecule has 0 aromatic carbocycles. The standard InChI is InChI=1S/C12H14ClN3OS/c1-2-4-16-12(17)11(10(13)7-15-16)14-6-9-3-5-18-8-9/h1,7,9,14H,3-6,8H2. The van der Waals surface area contributed by atoms with Crippen LogP contribution in [0.5, 0.6) is 0 Å². The van der Waals surface area contributed by atoms with Gasteiger partial charge in [0.15, 0.2) is 0 Å². The van der Waals surface area contributed by atoms with Crippen LogP contribution in [0.4, 0.5) is 5.69 Å². The average Bonchev–Trinajstić information content (AvgIpc) is 2.86. The van der Waals surface area contributed by atoms with E-state index < -0.39 is 0 Å². The van der Waals surface area contributed by atoms with Gasteiger partial charge in [-0.3, -0.25) is 4.79 Å². The zero-order chi connectivity index (χ0) is 13.0. The molecular weight excluding hydrogens is 270 g/mol. The summed E-state index contributed by atoms with van der Waals surface area (Å²) in [4.78, 5) is 12.0. The number of aromatic nitrogens is 2. The van der Waals surface area contributed by atoms with Gasteiger partial charge in [-0.05, 0) is 23.8 Å². The highest BCUT2D eigenvalue weighted by atomic mass is 35.5. The summed E-state index contributed by atoms with van der Waals surface area (Å²) in [7, 11) is 0. The van der Waals surface area contributed by atoms with Crippen molar-refractivity contribution in [1.29, 1.82) is 0 Å². The van der Waals surface area contributed by atoms with Gasteiger partial charge in [-0.25, -0.2) is 4.68 Å². The third-order valence-electron chi connectivity index (χ3n) is 2.83. The van der Waals surface area contributed by atoms with Crippen LogP contribution in [-0.2, 0) is 6.54 Å². The topological polar surface area (TPSA) is 46.9 Å². The Bertz CT molecular complexity index is 517. The van der Waals surface area contributed by atoms with Crippen LogP contribution in [0.15, 0.2) is 11.0 Å². The van der Waals surface area contributed by atoms with Crippen LogP contribution >= 0.6 is 23.4 Å². The van der Waals surface area contributed by atoms with Gasteiger partial charge < -0.3 is 5.32 Å². The predicted molar refractivity (Wildman–Crippen MR) is 76.3 cm³/mol. The minimum absolute atomic E-state index is 0.157. The number of anilines is 1. The Hall–Kier alpha value is -1.12. The maximum atomic E-state index is 12.0. The first-order valence-electron chi connectivity index (χ1n) is 5.73. The number of nitrogens with zero attached hydrogens (tertiary/aromatic N) is 2. The van der Waals surface area contributed by atoms with Gasteiger partial charge in [0.05, 0.1) is 11.2 Å². The average molecular weight is 284 g/mol.